The number of ether oxygens (including phenoxy) is 1. The van der Waals surface area contributed by atoms with Crippen molar-refractivity contribution in [2.75, 3.05) is 45.9 Å². The molecule has 1 fully saturated rings. The van der Waals surface area contributed by atoms with Crippen molar-refractivity contribution in [2.45, 2.75) is 31.7 Å². The smallest absolute Gasteiger partial charge is 0.251 e. The highest BCUT2D eigenvalue weighted by Gasteiger charge is 2.27. The van der Waals surface area contributed by atoms with Gasteiger partial charge in [-0.25, -0.2) is 8.42 Å². The van der Waals surface area contributed by atoms with E-state index in [2.05, 4.69) is 36.2 Å². The van der Waals surface area contributed by atoms with Crippen molar-refractivity contribution < 1.29 is 17.9 Å². The molecule has 0 bridgehead atoms. The molecule has 1 aliphatic heterocycles. The fourth-order valence-corrected chi connectivity index (χ4v) is 5.46. The molecule has 0 aliphatic carbocycles. The van der Waals surface area contributed by atoms with E-state index in [-0.39, 0.29) is 16.8 Å². The van der Waals surface area contributed by atoms with Crippen LogP contribution in [0.3, 0.4) is 0 Å². The summed E-state index contributed by atoms with van der Waals surface area (Å²) in [7, 11) is -3.67. The van der Waals surface area contributed by atoms with Crippen molar-refractivity contribution >= 4 is 15.9 Å². The number of benzene rings is 2. The van der Waals surface area contributed by atoms with Gasteiger partial charge in [0.2, 0.25) is 10.0 Å². The van der Waals surface area contributed by atoms with Crippen LogP contribution in [0.5, 0.6) is 0 Å². The number of sulfonamides is 1. The molecule has 0 aromatic heterocycles. The van der Waals surface area contributed by atoms with Crippen molar-refractivity contribution in [1.29, 1.82) is 0 Å². The molecule has 0 spiro atoms. The van der Waals surface area contributed by atoms with E-state index in [1.54, 1.807) is 12.1 Å². The van der Waals surface area contributed by atoms with Gasteiger partial charge in [-0.3, -0.25) is 9.69 Å². The Morgan fingerprint density at radius 3 is 2.38 bits per heavy atom. The molecule has 0 unspecified atom stereocenters. The third kappa shape index (κ3) is 5.56. The van der Waals surface area contributed by atoms with E-state index in [0.29, 0.717) is 38.4 Å². The van der Waals surface area contributed by atoms with Gasteiger partial charge < -0.3 is 10.1 Å². The lowest BCUT2D eigenvalue weighted by molar-refractivity contribution is 0.0730. The maximum Gasteiger partial charge on any atom is 0.251 e. The Morgan fingerprint density at radius 1 is 1.09 bits per heavy atom. The van der Waals surface area contributed by atoms with E-state index in [4.69, 9.17) is 4.74 Å². The van der Waals surface area contributed by atoms with E-state index in [9.17, 15) is 13.2 Å². The van der Waals surface area contributed by atoms with Crippen LogP contribution in [0, 0.1) is 6.92 Å². The van der Waals surface area contributed by atoms with Gasteiger partial charge in [-0.2, -0.15) is 4.31 Å². The lowest BCUT2D eigenvalue weighted by Gasteiger charge is -2.30. The molecule has 3 rings (SSSR count). The van der Waals surface area contributed by atoms with Crippen molar-refractivity contribution in [3.63, 3.8) is 0 Å². The SMILES string of the molecule is CCN(CC)[C@H](CNC(=O)c1cc(S(=O)(=O)N2CCOCC2)ccc1C)c1ccccc1. The summed E-state index contributed by atoms with van der Waals surface area (Å²) in [6.07, 6.45) is 0. The summed E-state index contributed by atoms with van der Waals surface area (Å²) < 4.78 is 32.7. The fraction of sp³-hybridized carbons (Fsp3) is 0.458. The van der Waals surface area contributed by atoms with Gasteiger partial charge >= 0.3 is 0 Å². The van der Waals surface area contributed by atoms with Gasteiger partial charge in [-0.05, 0) is 43.3 Å². The molecule has 2 aromatic rings. The number of carbonyl (C=O) groups is 1. The zero-order chi connectivity index (χ0) is 23.1. The summed E-state index contributed by atoms with van der Waals surface area (Å²) >= 11 is 0. The van der Waals surface area contributed by atoms with Gasteiger partial charge in [0, 0.05) is 25.2 Å². The molecule has 8 heteroatoms. The van der Waals surface area contributed by atoms with Gasteiger partial charge in [-0.15, -0.1) is 0 Å². The Hall–Kier alpha value is -2.26. The van der Waals surface area contributed by atoms with Crippen molar-refractivity contribution in [3.8, 4) is 0 Å². The molecule has 1 N–H and O–H groups in total. The van der Waals surface area contributed by atoms with Crippen LogP contribution < -0.4 is 5.32 Å². The standard InChI is InChI=1S/C24H33N3O4S/c1-4-26(5-2)23(20-9-7-6-8-10-20)18-25-24(28)22-17-21(12-11-19(22)3)32(29,30)27-13-15-31-16-14-27/h6-12,17,23H,4-5,13-16,18H2,1-3H3,(H,25,28)/t23-/m1/s1. The lowest BCUT2D eigenvalue weighted by atomic mass is 10.0. The summed E-state index contributed by atoms with van der Waals surface area (Å²) in [5, 5.41) is 3.04. The number of nitrogens with zero attached hydrogens (tertiary/aromatic N) is 2. The van der Waals surface area contributed by atoms with Crippen molar-refractivity contribution in [2.24, 2.45) is 0 Å². The van der Waals surface area contributed by atoms with E-state index in [1.165, 1.54) is 10.4 Å². The second-order valence-corrected chi connectivity index (χ2v) is 9.79. The van der Waals surface area contributed by atoms with Crippen molar-refractivity contribution in [3.05, 3.63) is 65.2 Å². The Morgan fingerprint density at radius 2 is 1.75 bits per heavy atom. The number of amides is 1. The van der Waals surface area contributed by atoms with Crippen LogP contribution in [0.1, 0.15) is 41.4 Å². The van der Waals surface area contributed by atoms with Gasteiger partial charge in [0.25, 0.3) is 5.91 Å². The Balaban J connectivity index is 1.80. The van der Waals surface area contributed by atoms with E-state index in [0.717, 1.165) is 24.2 Å². The first-order valence-corrected chi connectivity index (χ1v) is 12.6. The minimum Gasteiger partial charge on any atom is -0.379 e. The quantitative estimate of drug-likeness (QED) is 0.624. The molecule has 0 saturated carbocycles. The molecule has 1 saturated heterocycles. The van der Waals surface area contributed by atoms with Crippen molar-refractivity contribution in [1.82, 2.24) is 14.5 Å². The van der Waals surface area contributed by atoms with E-state index >= 15 is 0 Å². The van der Waals surface area contributed by atoms with Gasteiger partial charge in [0.15, 0.2) is 0 Å². The minimum atomic E-state index is -3.67. The molecule has 1 heterocycles. The number of aryl methyl sites for hydroxylation is 1. The maximum absolute atomic E-state index is 13.1. The third-order valence-electron chi connectivity index (χ3n) is 5.95. The summed E-state index contributed by atoms with van der Waals surface area (Å²) in [5.41, 5.74) is 2.25. The molecule has 0 radical (unpaired) electrons. The van der Waals surface area contributed by atoms with Crippen LogP contribution in [-0.4, -0.2) is 69.5 Å². The predicted molar refractivity (Wildman–Crippen MR) is 125 cm³/mol. The second kappa shape index (κ2) is 11.0. The molecule has 7 nitrogen and oxygen atoms in total. The van der Waals surface area contributed by atoms with Crippen LogP contribution in [-0.2, 0) is 14.8 Å². The van der Waals surface area contributed by atoms with Crippen LogP contribution >= 0.6 is 0 Å². The number of rotatable bonds is 9. The zero-order valence-corrected chi connectivity index (χ0v) is 19.9. The minimum absolute atomic E-state index is 0.0377. The van der Waals surface area contributed by atoms with Gasteiger partial charge in [0.1, 0.15) is 0 Å². The molecular formula is C24H33N3O4S. The lowest BCUT2D eigenvalue weighted by Crippen LogP contribution is -2.40. The van der Waals surface area contributed by atoms with Gasteiger partial charge in [0.05, 0.1) is 24.2 Å². The highest BCUT2D eigenvalue weighted by atomic mass is 32.2. The predicted octanol–water partition coefficient (Wildman–Crippen LogP) is 2.83. The zero-order valence-electron chi connectivity index (χ0n) is 19.1. The fourth-order valence-electron chi connectivity index (χ4n) is 4.02. The van der Waals surface area contributed by atoms with E-state index in [1.807, 2.05) is 25.1 Å². The first-order valence-electron chi connectivity index (χ1n) is 11.1. The topological polar surface area (TPSA) is 79.0 Å². The van der Waals surface area contributed by atoms with Crippen LogP contribution in [0.2, 0.25) is 0 Å². The molecule has 32 heavy (non-hydrogen) atoms. The summed E-state index contributed by atoms with van der Waals surface area (Å²) in [6.45, 7) is 9.58. The van der Waals surface area contributed by atoms with Crippen LogP contribution in [0.4, 0.5) is 0 Å². The molecule has 1 aliphatic rings. The summed E-state index contributed by atoms with van der Waals surface area (Å²) in [4.78, 5) is 15.5. The number of likely N-dealkylation sites (N-methyl/N-ethyl adjacent to an activating group) is 1. The Bertz CT molecular complexity index is 1000. The molecule has 1 atom stereocenters. The number of carbonyl (C=O) groups excluding carboxylic acids is 1. The number of hydrogen-bond donors (Lipinski definition) is 1. The maximum atomic E-state index is 13.1. The summed E-state index contributed by atoms with van der Waals surface area (Å²) in [6, 6.07) is 14.9. The number of nitrogens with one attached hydrogen (secondary N) is 1. The van der Waals surface area contributed by atoms with Crippen LogP contribution in [0.15, 0.2) is 53.4 Å². The first-order chi connectivity index (χ1) is 15.4. The Labute approximate surface area is 191 Å². The van der Waals surface area contributed by atoms with Crippen LogP contribution in [0.25, 0.3) is 0 Å². The highest BCUT2D eigenvalue weighted by Crippen LogP contribution is 2.22. The average molecular weight is 460 g/mol. The average Bonchev–Trinajstić information content (AvgIpc) is 2.82. The number of morpholine rings is 1. The monoisotopic (exact) mass is 459 g/mol. The third-order valence-corrected chi connectivity index (χ3v) is 7.85. The molecule has 1 amide bonds. The van der Waals surface area contributed by atoms with E-state index < -0.39 is 10.0 Å². The Kier molecular flexibility index (Phi) is 8.42. The highest BCUT2D eigenvalue weighted by molar-refractivity contribution is 7.89. The number of hydrogen-bond acceptors (Lipinski definition) is 5. The van der Waals surface area contributed by atoms with Gasteiger partial charge in [-0.1, -0.05) is 50.2 Å². The largest absolute Gasteiger partial charge is 0.379 e. The normalized spacial score (nSPS) is 16.1. The molecule has 2 aromatic carbocycles. The molecular weight excluding hydrogens is 426 g/mol. The first kappa shape index (κ1) is 24.4. The second-order valence-electron chi connectivity index (χ2n) is 7.85. The summed E-state index contributed by atoms with van der Waals surface area (Å²) in [5.74, 6) is -0.269. The molecule has 174 valence electrons.